The van der Waals surface area contributed by atoms with Gasteiger partial charge in [0.2, 0.25) is 5.91 Å². The number of hydrogen-bond acceptors (Lipinski definition) is 3. The van der Waals surface area contributed by atoms with E-state index in [-0.39, 0.29) is 11.9 Å². The van der Waals surface area contributed by atoms with Crippen LogP contribution >= 0.6 is 0 Å². The highest BCUT2D eigenvalue weighted by atomic mass is 16.5. The quantitative estimate of drug-likeness (QED) is 0.832. The van der Waals surface area contributed by atoms with Gasteiger partial charge in [-0.2, -0.15) is 0 Å². The van der Waals surface area contributed by atoms with Crippen LogP contribution in [0.15, 0.2) is 24.3 Å². The van der Waals surface area contributed by atoms with Crippen LogP contribution in [-0.2, 0) is 11.3 Å². The SMILES string of the molecule is COc1ccc(CN[C@H]2CC(=O)N[C@H]2CC2CC2)cc1. The second kappa shape index (κ2) is 5.83. The third-order valence-electron chi connectivity index (χ3n) is 4.25. The lowest BCUT2D eigenvalue weighted by atomic mass is 10.0. The predicted octanol–water partition coefficient (Wildman–Crippen LogP) is 1.84. The smallest absolute Gasteiger partial charge is 0.221 e. The maximum Gasteiger partial charge on any atom is 0.221 e. The van der Waals surface area contributed by atoms with E-state index in [2.05, 4.69) is 22.8 Å². The predicted molar refractivity (Wildman–Crippen MR) is 77.5 cm³/mol. The van der Waals surface area contributed by atoms with Crippen LogP contribution in [0.5, 0.6) is 5.75 Å². The van der Waals surface area contributed by atoms with Crippen molar-refractivity contribution in [1.29, 1.82) is 0 Å². The highest BCUT2D eigenvalue weighted by Crippen LogP contribution is 2.35. The third kappa shape index (κ3) is 3.31. The number of benzene rings is 1. The molecule has 2 N–H and O–H groups in total. The summed E-state index contributed by atoms with van der Waals surface area (Å²) in [5, 5.41) is 6.63. The minimum absolute atomic E-state index is 0.183. The first-order valence-electron chi connectivity index (χ1n) is 7.40. The lowest BCUT2D eigenvalue weighted by molar-refractivity contribution is -0.119. The first-order valence-corrected chi connectivity index (χ1v) is 7.40. The Bertz CT molecular complexity index is 468. The Labute approximate surface area is 119 Å². The van der Waals surface area contributed by atoms with E-state index in [9.17, 15) is 4.79 Å². The van der Waals surface area contributed by atoms with Gasteiger partial charge in [-0.3, -0.25) is 4.79 Å². The zero-order chi connectivity index (χ0) is 13.9. The van der Waals surface area contributed by atoms with Crippen molar-refractivity contribution in [3.05, 3.63) is 29.8 Å². The molecule has 20 heavy (non-hydrogen) atoms. The molecule has 2 aliphatic rings. The number of amides is 1. The van der Waals surface area contributed by atoms with E-state index in [1.165, 1.54) is 18.4 Å². The highest BCUT2D eigenvalue weighted by molar-refractivity contribution is 5.79. The summed E-state index contributed by atoms with van der Waals surface area (Å²) in [4.78, 5) is 11.6. The molecule has 1 aromatic carbocycles. The van der Waals surface area contributed by atoms with Crippen molar-refractivity contribution in [3.8, 4) is 5.75 Å². The zero-order valence-corrected chi connectivity index (χ0v) is 11.9. The van der Waals surface area contributed by atoms with E-state index >= 15 is 0 Å². The normalized spacial score (nSPS) is 25.6. The zero-order valence-electron chi connectivity index (χ0n) is 11.9. The van der Waals surface area contributed by atoms with E-state index in [0.29, 0.717) is 12.5 Å². The van der Waals surface area contributed by atoms with Crippen molar-refractivity contribution < 1.29 is 9.53 Å². The van der Waals surface area contributed by atoms with Crippen molar-refractivity contribution in [2.75, 3.05) is 7.11 Å². The number of nitrogens with one attached hydrogen (secondary N) is 2. The van der Waals surface area contributed by atoms with E-state index in [0.717, 1.165) is 24.6 Å². The van der Waals surface area contributed by atoms with Crippen LogP contribution in [0.2, 0.25) is 0 Å². The van der Waals surface area contributed by atoms with Gasteiger partial charge in [0.15, 0.2) is 0 Å². The highest BCUT2D eigenvalue weighted by Gasteiger charge is 2.36. The molecule has 2 atom stereocenters. The van der Waals surface area contributed by atoms with Gasteiger partial charge < -0.3 is 15.4 Å². The van der Waals surface area contributed by atoms with E-state index < -0.39 is 0 Å². The molecule has 4 heteroatoms. The van der Waals surface area contributed by atoms with E-state index in [1.54, 1.807) is 7.11 Å². The van der Waals surface area contributed by atoms with Gasteiger partial charge in [0, 0.05) is 25.0 Å². The number of carbonyl (C=O) groups is 1. The van der Waals surface area contributed by atoms with Crippen molar-refractivity contribution >= 4 is 5.91 Å². The van der Waals surface area contributed by atoms with Gasteiger partial charge in [0.1, 0.15) is 5.75 Å². The Morgan fingerprint density at radius 2 is 2.05 bits per heavy atom. The molecule has 4 nitrogen and oxygen atoms in total. The monoisotopic (exact) mass is 274 g/mol. The Morgan fingerprint density at radius 3 is 2.70 bits per heavy atom. The molecule has 0 unspecified atom stereocenters. The minimum Gasteiger partial charge on any atom is -0.497 e. The van der Waals surface area contributed by atoms with Crippen molar-refractivity contribution in [2.24, 2.45) is 5.92 Å². The number of carbonyl (C=O) groups excluding carboxylic acids is 1. The van der Waals surface area contributed by atoms with E-state index in [4.69, 9.17) is 4.74 Å². The number of ether oxygens (including phenoxy) is 1. The molecular weight excluding hydrogens is 252 g/mol. The Balaban J connectivity index is 1.53. The lowest BCUT2D eigenvalue weighted by Gasteiger charge is -2.20. The fraction of sp³-hybridized carbons (Fsp3) is 0.562. The molecule has 1 aromatic rings. The van der Waals surface area contributed by atoms with Crippen LogP contribution in [0.3, 0.4) is 0 Å². The van der Waals surface area contributed by atoms with Gasteiger partial charge in [0.05, 0.1) is 7.11 Å². The Kier molecular flexibility index (Phi) is 3.92. The van der Waals surface area contributed by atoms with Crippen LogP contribution in [0.4, 0.5) is 0 Å². The summed E-state index contributed by atoms with van der Waals surface area (Å²) < 4.78 is 5.15. The molecule has 1 saturated carbocycles. The molecule has 0 bridgehead atoms. The van der Waals surface area contributed by atoms with Gasteiger partial charge in [-0.05, 0) is 30.0 Å². The van der Waals surface area contributed by atoms with Gasteiger partial charge in [-0.15, -0.1) is 0 Å². The first-order chi connectivity index (χ1) is 9.74. The summed E-state index contributed by atoms with van der Waals surface area (Å²) in [7, 11) is 1.67. The van der Waals surface area contributed by atoms with Crippen LogP contribution in [0.25, 0.3) is 0 Å². The average molecular weight is 274 g/mol. The van der Waals surface area contributed by atoms with Crippen molar-refractivity contribution in [2.45, 2.75) is 44.3 Å². The molecule has 1 amide bonds. The molecule has 1 heterocycles. The van der Waals surface area contributed by atoms with Crippen LogP contribution in [0, 0.1) is 5.92 Å². The second-order valence-electron chi connectivity index (χ2n) is 5.89. The molecule has 1 saturated heterocycles. The Hall–Kier alpha value is -1.55. The molecule has 3 rings (SSSR count). The van der Waals surface area contributed by atoms with E-state index in [1.807, 2.05) is 12.1 Å². The second-order valence-corrected chi connectivity index (χ2v) is 5.89. The number of hydrogen-bond donors (Lipinski definition) is 2. The van der Waals surface area contributed by atoms with Crippen LogP contribution in [0.1, 0.15) is 31.2 Å². The molecule has 1 aliphatic heterocycles. The van der Waals surface area contributed by atoms with Gasteiger partial charge >= 0.3 is 0 Å². The topological polar surface area (TPSA) is 50.4 Å². The fourth-order valence-electron chi connectivity index (χ4n) is 2.85. The van der Waals surface area contributed by atoms with Crippen LogP contribution < -0.4 is 15.4 Å². The molecule has 0 aromatic heterocycles. The van der Waals surface area contributed by atoms with Gasteiger partial charge in [-0.25, -0.2) is 0 Å². The van der Waals surface area contributed by atoms with Gasteiger partial charge in [0.25, 0.3) is 0 Å². The summed E-state index contributed by atoms with van der Waals surface area (Å²) in [5.74, 6) is 1.89. The standard InChI is InChI=1S/C16H22N2O2/c1-20-13-6-4-12(5-7-13)10-17-14-9-16(19)18-15(14)8-11-2-3-11/h4-7,11,14-15,17H,2-3,8-10H2,1H3,(H,18,19)/t14-,15-/m0/s1. The average Bonchev–Trinajstić information content (AvgIpc) is 3.20. The lowest BCUT2D eigenvalue weighted by Crippen LogP contribution is -2.40. The molecule has 2 fully saturated rings. The van der Waals surface area contributed by atoms with Gasteiger partial charge in [-0.1, -0.05) is 25.0 Å². The molecule has 1 aliphatic carbocycles. The molecule has 108 valence electrons. The minimum atomic E-state index is 0.183. The third-order valence-corrected chi connectivity index (χ3v) is 4.25. The fourth-order valence-corrected chi connectivity index (χ4v) is 2.85. The molecule has 0 spiro atoms. The summed E-state index contributed by atoms with van der Waals surface area (Å²) in [6.45, 7) is 0.796. The molecule has 0 radical (unpaired) electrons. The largest absolute Gasteiger partial charge is 0.497 e. The van der Waals surface area contributed by atoms with Crippen molar-refractivity contribution in [3.63, 3.8) is 0 Å². The van der Waals surface area contributed by atoms with Crippen LogP contribution in [-0.4, -0.2) is 25.1 Å². The Morgan fingerprint density at radius 1 is 1.30 bits per heavy atom. The summed E-state index contributed by atoms with van der Waals surface area (Å²) >= 11 is 0. The van der Waals surface area contributed by atoms with Crippen molar-refractivity contribution in [1.82, 2.24) is 10.6 Å². The number of rotatable bonds is 6. The first kappa shape index (κ1) is 13.4. The summed E-state index contributed by atoms with van der Waals surface area (Å²) in [6.07, 6.45) is 4.40. The maximum atomic E-state index is 11.6. The molecular formula is C16H22N2O2. The summed E-state index contributed by atoms with van der Waals surface area (Å²) in [5.41, 5.74) is 1.22. The number of methoxy groups -OCH3 is 1. The summed E-state index contributed by atoms with van der Waals surface area (Å²) in [6, 6.07) is 8.64. The maximum absolute atomic E-state index is 11.6.